The number of hydrogen-bond acceptors (Lipinski definition) is 5. The van der Waals surface area contributed by atoms with Crippen molar-refractivity contribution in [1.82, 2.24) is 4.98 Å². The molecule has 0 atom stereocenters. The van der Waals surface area contributed by atoms with Gasteiger partial charge < -0.3 is 4.90 Å². The van der Waals surface area contributed by atoms with Crippen LogP contribution in [0.3, 0.4) is 0 Å². The van der Waals surface area contributed by atoms with Crippen molar-refractivity contribution in [1.29, 1.82) is 0 Å². The fourth-order valence-corrected chi connectivity index (χ4v) is 1.93. The lowest BCUT2D eigenvalue weighted by Crippen LogP contribution is -2.36. The molecule has 0 spiro atoms. The van der Waals surface area contributed by atoms with E-state index in [1.54, 1.807) is 13.0 Å². The lowest BCUT2D eigenvalue weighted by molar-refractivity contribution is -0.385. The number of pyridine rings is 1. The minimum absolute atomic E-state index is 0.0112. The Morgan fingerprint density at radius 2 is 2.29 bits per heavy atom. The molecule has 2 heterocycles. The van der Waals surface area contributed by atoms with Gasteiger partial charge in [-0.3, -0.25) is 14.9 Å². The zero-order valence-corrected chi connectivity index (χ0v) is 9.55. The predicted molar refractivity (Wildman–Crippen MR) is 62.1 cm³/mol. The van der Waals surface area contributed by atoms with Crippen LogP contribution in [0.25, 0.3) is 0 Å². The Labute approximate surface area is 98.4 Å². The van der Waals surface area contributed by atoms with Crippen LogP contribution in [0.4, 0.5) is 11.5 Å². The average Bonchev–Trinajstić information content (AvgIpc) is 2.28. The molecule has 6 heteroatoms. The molecule has 1 fully saturated rings. The molecular formula is C11H13N3O3. The quantitative estimate of drug-likeness (QED) is 0.573. The summed E-state index contributed by atoms with van der Waals surface area (Å²) in [4.78, 5) is 27.5. The van der Waals surface area contributed by atoms with Crippen LogP contribution >= 0.6 is 0 Å². The van der Waals surface area contributed by atoms with E-state index < -0.39 is 4.92 Å². The van der Waals surface area contributed by atoms with Gasteiger partial charge >= 0.3 is 0 Å². The Morgan fingerprint density at radius 3 is 2.88 bits per heavy atom. The molecule has 1 saturated heterocycles. The molecule has 0 aromatic carbocycles. The molecule has 1 aliphatic rings. The summed E-state index contributed by atoms with van der Waals surface area (Å²) in [6.07, 6.45) is 2.68. The molecule has 0 N–H and O–H groups in total. The van der Waals surface area contributed by atoms with Crippen LogP contribution in [0.15, 0.2) is 12.3 Å². The summed E-state index contributed by atoms with van der Waals surface area (Å²) in [5.41, 5.74) is 0.579. The van der Waals surface area contributed by atoms with Gasteiger partial charge in [-0.2, -0.15) is 0 Å². The third-order valence-corrected chi connectivity index (χ3v) is 2.84. The minimum atomic E-state index is -0.451. The molecular weight excluding hydrogens is 222 g/mol. The van der Waals surface area contributed by atoms with Gasteiger partial charge in [0.15, 0.2) is 5.78 Å². The van der Waals surface area contributed by atoms with Crippen LogP contribution in [0.5, 0.6) is 0 Å². The maximum atomic E-state index is 11.3. The van der Waals surface area contributed by atoms with Crippen molar-refractivity contribution in [2.45, 2.75) is 19.8 Å². The van der Waals surface area contributed by atoms with Gasteiger partial charge in [0.1, 0.15) is 12.0 Å². The normalized spacial score (nSPS) is 16.1. The van der Waals surface area contributed by atoms with Gasteiger partial charge in [-0.05, 0) is 19.4 Å². The second-order valence-corrected chi connectivity index (χ2v) is 4.15. The molecule has 2 rings (SSSR count). The maximum Gasteiger partial charge on any atom is 0.290 e. The predicted octanol–water partition coefficient (Wildman–Crippen LogP) is 1.47. The third kappa shape index (κ3) is 2.41. The number of aryl methyl sites for hydroxylation is 1. The lowest BCUT2D eigenvalue weighted by Gasteiger charge is -2.26. The minimum Gasteiger partial charge on any atom is -0.349 e. The molecule has 0 radical (unpaired) electrons. The van der Waals surface area contributed by atoms with Crippen molar-refractivity contribution >= 4 is 17.3 Å². The van der Waals surface area contributed by atoms with Gasteiger partial charge in [0.2, 0.25) is 0 Å². The largest absolute Gasteiger partial charge is 0.349 e. The zero-order chi connectivity index (χ0) is 12.4. The highest BCUT2D eigenvalue weighted by molar-refractivity contribution is 5.84. The van der Waals surface area contributed by atoms with E-state index in [0.29, 0.717) is 24.3 Å². The van der Waals surface area contributed by atoms with E-state index in [1.165, 1.54) is 6.20 Å². The average molecular weight is 235 g/mol. The van der Waals surface area contributed by atoms with E-state index in [0.717, 1.165) is 13.0 Å². The van der Waals surface area contributed by atoms with Gasteiger partial charge in [-0.15, -0.1) is 0 Å². The number of ketones is 1. The van der Waals surface area contributed by atoms with Gasteiger partial charge in [-0.1, -0.05) is 0 Å². The molecule has 0 amide bonds. The first kappa shape index (κ1) is 11.5. The fraction of sp³-hybridized carbons (Fsp3) is 0.455. The van der Waals surface area contributed by atoms with Crippen LogP contribution in [0.1, 0.15) is 18.4 Å². The Kier molecular flexibility index (Phi) is 3.03. The number of carbonyl (C=O) groups is 1. The highest BCUT2D eigenvalue weighted by Gasteiger charge is 2.20. The van der Waals surface area contributed by atoms with Crippen LogP contribution in [0.2, 0.25) is 0 Å². The fourth-order valence-electron chi connectivity index (χ4n) is 1.93. The number of anilines is 1. The molecule has 90 valence electrons. The lowest BCUT2D eigenvalue weighted by atomic mass is 10.1. The molecule has 0 unspecified atom stereocenters. The summed E-state index contributed by atoms with van der Waals surface area (Å²) in [5.74, 6) is 0.829. The number of aromatic nitrogens is 1. The number of carbonyl (C=O) groups excluding carboxylic acids is 1. The van der Waals surface area contributed by atoms with E-state index in [9.17, 15) is 14.9 Å². The van der Waals surface area contributed by atoms with Gasteiger partial charge in [0.05, 0.1) is 11.5 Å². The van der Waals surface area contributed by atoms with E-state index >= 15 is 0 Å². The van der Waals surface area contributed by atoms with Crippen molar-refractivity contribution in [3.63, 3.8) is 0 Å². The van der Waals surface area contributed by atoms with Gasteiger partial charge in [0, 0.05) is 18.5 Å². The maximum absolute atomic E-state index is 11.3. The van der Waals surface area contributed by atoms with Crippen molar-refractivity contribution in [2.75, 3.05) is 18.0 Å². The first-order chi connectivity index (χ1) is 8.08. The van der Waals surface area contributed by atoms with Crippen LogP contribution in [0, 0.1) is 17.0 Å². The van der Waals surface area contributed by atoms with Crippen molar-refractivity contribution in [3.05, 3.63) is 27.9 Å². The monoisotopic (exact) mass is 235 g/mol. The Hall–Kier alpha value is -1.98. The molecule has 0 aliphatic carbocycles. The second-order valence-electron chi connectivity index (χ2n) is 4.15. The first-order valence-corrected chi connectivity index (χ1v) is 5.45. The highest BCUT2D eigenvalue weighted by atomic mass is 16.6. The SMILES string of the molecule is Cc1cc(N2CCCC(=O)C2)ncc1[N+](=O)[O-]. The van der Waals surface area contributed by atoms with E-state index in [2.05, 4.69) is 4.98 Å². The standard InChI is InChI=1S/C11H13N3O3/c1-8-5-11(12-6-10(8)14(16)17)13-4-2-3-9(15)7-13/h5-6H,2-4,7H2,1H3. The number of hydrogen-bond donors (Lipinski definition) is 0. The van der Waals surface area contributed by atoms with Gasteiger partial charge in [0.25, 0.3) is 5.69 Å². The van der Waals surface area contributed by atoms with Gasteiger partial charge in [-0.25, -0.2) is 4.98 Å². The third-order valence-electron chi connectivity index (χ3n) is 2.84. The Bertz CT molecular complexity index is 473. The summed E-state index contributed by atoms with van der Waals surface area (Å²) >= 11 is 0. The van der Waals surface area contributed by atoms with Crippen molar-refractivity contribution < 1.29 is 9.72 Å². The molecule has 1 aliphatic heterocycles. The number of nitrogens with zero attached hydrogens (tertiary/aromatic N) is 3. The Morgan fingerprint density at radius 1 is 1.53 bits per heavy atom. The molecule has 1 aromatic heterocycles. The summed E-state index contributed by atoms with van der Waals surface area (Å²) in [5, 5.41) is 10.7. The number of Topliss-reactive ketones (excluding diaryl/α,β-unsaturated/α-hetero) is 1. The number of rotatable bonds is 2. The molecule has 0 saturated carbocycles. The van der Waals surface area contributed by atoms with E-state index in [-0.39, 0.29) is 11.5 Å². The molecule has 0 bridgehead atoms. The smallest absolute Gasteiger partial charge is 0.290 e. The summed E-state index contributed by atoms with van der Waals surface area (Å²) < 4.78 is 0. The molecule has 1 aromatic rings. The second kappa shape index (κ2) is 4.48. The summed E-state index contributed by atoms with van der Waals surface area (Å²) in [7, 11) is 0. The Balaban J connectivity index is 2.25. The van der Waals surface area contributed by atoms with E-state index in [4.69, 9.17) is 0 Å². The molecule has 17 heavy (non-hydrogen) atoms. The van der Waals surface area contributed by atoms with Crippen molar-refractivity contribution in [2.24, 2.45) is 0 Å². The topological polar surface area (TPSA) is 76.3 Å². The highest BCUT2D eigenvalue weighted by Crippen LogP contribution is 2.22. The van der Waals surface area contributed by atoms with Crippen molar-refractivity contribution in [3.8, 4) is 0 Å². The number of piperidine rings is 1. The first-order valence-electron chi connectivity index (χ1n) is 5.45. The summed E-state index contributed by atoms with van der Waals surface area (Å²) in [6.45, 7) is 2.80. The zero-order valence-electron chi connectivity index (χ0n) is 9.55. The van der Waals surface area contributed by atoms with Crippen LogP contribution < -0.4 is 4.90 Å². The van der Waals surface area contributed by atoms with Crippen LogP contribution in [-0.4, -0.2) is 28.8 Å². The molecule has 6 nitrogen and oxygen atoms in total. The summed E-state index contributed by atoms with van der Waals surface area (Å²) in [6, 6.07) is 1.66. The van der Waals surface area contributed by atoms with Crippen LogP contribution in [-0.2, 0) is 4.79 Å². The number of nitro groups is 1. The van der Waals surface area contributed by atoms with E-state index in [1.807, 2.05) is 4.90 Å².